The number of rotatable bonds is 5. The molecule has 3 nitrogen and oxygen atoms in total. The van der Waals surface area contributed by atoms with Crippen LogP contribution in [0.4, 0.5) is 8.78 Å². The second kappa shape index (κ2) is 12.2. The zero-order valence-corrected chi connectivity index (χ0v) is 32.3. The molecular weight excluding hydrogens is 707 g/mol. The van der Waals surface area contributed by atoms with Crippen LogP contribution >= 0.6 is 0 Å². The molecule has 52 heavy (non-hydrogen) atoms. The number of phenols is 1. The van der Waals surface area contributed by atoms with Gasteiger partial charge < -0.3 is 0 Å². The van der Waals surface area contributed by atoms with Gasteiger partial charge >= 0.3 is 194 Å². The van der Waals surface area contributed by atoms with Gasteiger partial charge in [0.1, 0.15) is 0 Å². The summed E-state index contributed by atoms with van der Waals surface area (Å²) in [6.07, 6.45) is 1.83. The van der Waals surface area contributed by atoms with E-state index in [2.05, 4.69) is 86.6 Å². The molecule has 1 aliphatic carbocycles. The van der Waals surface area contributed by atoms with Crippen molar-refractivity contribution in [3.63, 3.8) is 0 Å². The van der Waals surface area contributed by atoms with E-state index in [-0.39, 0.29) is 27.9 Å². The molecule has 0 atom stereocenters. The number of benzene rings is 5. The second-order valence-electron chi connectivity index (χ2n) is 15.9. The van der Waals surface area contributed by atoms with Crippen LogP contribution in [0.1, 0.15) is 37.5 Å². The van der Waals surface area contributed by atoms with Crippen LogP contribution in [0.5, 0.6) is 5.75 Å². The van der Waals surface area contributed by atoms with E-state index in [4.69, 9.17) is 9.97 Å². The molecule has 5 aromatic carbocycles. The topological polar surface area (TPSA) is 46.0 Å². The van der Waals surface area contributed by atoms with Crippen LogP contribution < -0.4 is 4.40 Å². The molecule has 0 fully saturated rings. The first-order valence-electron chi connectivity index (χ1n) is 17.7. The summed E-state index contributed by atoms with van der Waals surface area (Å²) in [5, 5.41) is 12.2. The first-order valence-corrected chi connectivity index (χ1v) is 25.0. The normalized spacial score (nSPS) is 13.6. The van der Waals surface area contributed by atoms with E-state index in [1.165, 1.54) is 22.6 Å². The molecule has 0 amide bonds. The zero-order valence-electron chi connectivity index (χ0n) is 30.2. The van der Waals surface area contributed by atoms with Gasteiger partial charge in [-0.05, 0) is 40.3 Å². The summed E-state index contributed by atoms with van der Waals surface area (Å²) >= 11 is -2.12. The third-order valence-electron chi connectivity index (χ3n) is 10.2. The Morgan fingerprint density at radius 3 is 2.06 bits per heavy atom. The molecule has 258 valence electrons. The van der Waals surface area contributed by atoms with Crippen molar-refractivity contribution in [2.75, 3.05) is 0 Å². The Morgan fingerprint density at radius 1 is 0.654 bits per heavy atom. The monoisotopic (exact) mass is 748 g/mol. The Morgan fingerprint density at radius 2 is 1.37 bits per heavy atom. The van der Waals surface area contributed by atoms with Gasteiger partial charge in [0.15, 0.2) is 0 Å². The van der Waals surface area contributed by atoms with Crippen LogP contribution in [0.15, 0.2) is 128 Å². The molecule has 0 unspecified atom stereocenters. The van der Waals surface area contributed by atoms with Gasteiger partial charge in [0.05, 0.1) is 5.69 Å². The van der Waals surface area contributed by atoms with Gasteiger partial charge in [0, 0.05) is 11.8 Å². The summed E-state index contributed by atoms with van der Waals surface area (Å²) in [5.41, 5.74) is 7.61. The van der Waals surface area contributed by atoms with E-state index in [0.717, 1.165) is 39.1 Å². The van der Waals surface area contributed by atoms with Gasteiger partial charge in [-0.2, -0.15) is 0 Å². The number of pyridine rings is 2. The molecule has 1 aliphatic rings. The molecule has 0 saturated carbocycles. The van der Waals surface area contributed by atoms with Gasteiger partial charge in [-0.3, -0.25) is 4.98 Å². The van der Waals surface area contributed by atoms with Crippen LogP contribution in [-0.2, 0) is 11.3 Å². The van der Waals surface area contributed by atoms with Crippen molar-refractivity contribution in [1.82, 2.24) is 9.97 Å². The number of phenolic OH excluding ortho intramolecular Hbond substituents is 1. The molecule has 0 radical (unpaired) electrons. The minimum absolute atomic E-state index is 0.0737. The Labute approximate surface area is 306 Å². The van der Waals surface area contributed by atoms with Gasteiger partial charge in [-0.1, -0.05) is 51.1 Å². The third-order valence-corrected chi connectivity index (χ3v) is 14.6. The van der Waals surface area contributed by atoms with Crippen molar-refractivity contribution in [3.05, 3.63) is 144 Å². The van der Waals surface area contributed by atoms with Gasteiger partial charge in [0.2, 0.25) is 0 Å². The fraction of sp³-hybridized carbons (Fsp3) is 0.174. The van der Waals surface area contributed by atoms with E-state index in [9.17, 15) is 5.11 Å². The third kappa shape index (κ3) is 5.81. The summed E-state index contributed by atoms with van der Waals surface area (Å²) < 4.78 is 35.1. The van der Waals surface area contributed by atoms with Crippen molar-refractivity contribution in [1.29, 1.82) is 0 Å². The summed E-state index contributed by atoms with van der Waals surface area (Å²) in [6, 6.07) is 38.8. The van der Waals surface area contributed by atoms with E-state index >= 15 is 8.78 Å². The first kappa shape index (κ1) is 34.0. The molecule has 0 aliphatic heterocycles. The Balaban J connectivity index is 1.37. The van der Waals surface area contributed by atoms with E-state index < -0.39 is 19.2 Å². The molecule has 0 bridgehead atoms. The quantitative estimate of drug-likeness (QED) is 0.178. The van der Waals surface area contributed by atoms with Crippen LogP contribution in [0.25, 0.3) is 66.8 Å². The predicted molar refractivity (Wildman–Crippen MR) is 213 cm³/mol. The number of alkyl halides is 2. The fourth-order valence-corrected chi connectivity index (χ4v) is 9.78. The van der Waals surface area contributed by atoms with Gasteiger partial charge in [0.25, 0.3) is 0 Å². The standard InChI is InChI=1S/C46H40F2GeN2O/c1-45(2,3)34-24-32(38-26-30(21-22-50-38)28-11-8-7-9-12-28)23-33(25-34)39-27-31-17-20-36(29-15-18-35(19-16-29)49(4,5)6)43-41(31)44(51-39)42-37(46(43,47)48)13-10-14-40(42)52/h7-27,52H,1-6H3. The number of aromatic hydroxyl groups is 1. The number of aromatic nitrogens is 2. The van der Waals surface area contributed by atoms with Crippen molar-refractivity contribution in [2.24, 2.45) is 0 Å². The number of hydrogen-bond acceptors (Lipinski definition) is 3. The summed E-state index contributed by atoms with van der Waals surface area (Å²) in [7, 11) is 0. The van der Waals surface area contributed by atoms with Crippen LogP contribution in [0.2, 0.25) is 17.3 Å². The van der Waals surface area contributed by atoms with Gasteiger partial charge in [-0.25, -0.2) is 0 Å². The minimum atomic E-state index is -3.37. The van der Waals surface area contributed by atoms with E-state index in [0.29, 0.717) is 27.7 Å². The molecular formula is C46H40F2GeN2O. The average molecular weight is 747 g/mol. The average Bonchev–Trinajstić information content (AvgIpc) is 3.13. The van der Waals surface area contributed by atoms with Crippen molar-refractivity contribution >= 4 is 28.4 Å². The van der Waals surface area contributed by atoms with Crippen molar-refractivity contribution in [3.8, 4) is 61.8 Å². The number of fused-ring (bicyclic) bond motifs is 2. The Kier molecular flexibility index (Phi) is 7.99. The summed E-state index contributed by atoms with van der Waals surface area (Å²) in [4.78, 5) is 9.95. The maximum atomic E-state index is 16.9. The van der Waals surface area contributed by atoms with Crippen LogP contribution in [0.3, 0.4) is 0 Å². The summed E-state index contributed by atoms with van der Waals surface area (Å²) in [5.74, 6) is 3.38. The molecule has 2 aromatic heterocycles. The van der Waals surface area contributed by atoms with E-state index in [1.807, 2.05) is 60.8 Å². The zero-order chi connectivity index (χ0) is 36.6. The Bertz CT molecular complexity index is 2510. The summed E-state index contributed by atoms with van der Waals surface area (Å²) in [6.45, 7) is 6.51. The number of nitrogens with zero attached hydrogens (tertiary/aromatic N) is 2. The first-order chi connectivity index (χ1) is 24.7. The molecule has 8 rings (SSSR count). The number of halogens is 2. The molecule has 0 saturated heterocycles. The number of hydrogen-bond donors (Lipinski definition) is 1. The van der Waals surface area contributed by atoms with Crippen LogP contribution in [0, 0.1) is 0 Å². The SMILES string of the molecule is CC(C)(C)c1cc(-c2cc(-c3ccccc3)ccn2)cc(-c2cc3ccc(-c4cc[c]([Ge]([CH3])([CH3])[CH3])cc4)c4c3c(n2)-c2c(O)cccc2C4(F)F)c1. The molecule has 7 aromatic rings. The van der Waals surface area contributed by atoms with Crippen molar-refractivity contribution < 1.29 is 13.9 Å². The maximum absolute atomic E-state index is 16.9. The molecule has 1 N–H and O–H groups in total. The molecule has 2 heterocycles. The molecule has 0 spiro atoms. The van der Waals surface area contributed by atoms with E-state index in [1.54, 1.807) is 0 Å². The van der Waals surface area contributed by atoms with Gasteiger partial charge in [-0.15, -0.1) is 0 Å². The van der Waals surface area contributed by atoms with Crippen molar-refractivity contribution in [2.45, 2.75) is 49.4 Å². The Hall–Kier alpha value is -5.14. The molecule has 6 heteroatoms. The second-order valence-corrected chi connectivity index (χ2v) is 26.5. The van der Waals surface area contributed by atoms with Crippen LogP contribution in [-0.4, -0.2) is 28.3 Å². The predicted octanol–water partition coefficient (Wildman–Crippen LogP) is 12.0. The fourth-order valence-electron chi connectivity index (χ4n) is 7.34.